The van der Waals surface area contributed by atoms with Crippen molar-refractivity contribution in [2.45, 2.75) is 20.4 Å². The van der Waals surface area contributed by atoms with Gasteiger partial charge in [-0.3, -0.25) is 19.6 Å². The van der Waals surface area contributed by atoms with Crippen molar-refractivity contribution in [1.82, 2.24) is 25.0 Å². The number of amides is 1. The predicted molar refractivity (Wildman–Crippen MR) is 105 cm³/mol. The van der Waals surface area contributed by atoms with Crippen molar-refractivity contribution in [2.24, 2.45) is 52.8 Å². The third-order valence-electron chi connectivity index (χ3n) is 9.08. The van der Waals surface area contributed by atoms with Gasteiger partial charge < -0.3 is 5.32 Å². The summed E-state index contributed by atoms with van der Waals surface area (Å²) in [6.07, 6.45) is 5.42. The predicted octanol–water partition coefficient (Wildman–Crippen LogP) is 2.78. The van der Waals surface area contributed by atoms with Gasteiger partial charge in [-0.25, -0.2) is 0 Å². The molecule has 0 aliphatic heterocycles. The van der Waals surface area contributed by atoms with Gasteiger partial charge in [0.2, 0.25) is 5.91 Å². The summed E-state index contributed by atoms with van der Waals surface area (Å²) in [4.78, 5) is 17.8. The van der Waals surface area contributed by atoms with Crippen molar-refractivity contribution < 1.29 is 4.79 Å². The monoisotopic (exact) mass is 386 g/mol. The molecule has 3 aromatic heterocycles. The molecule has 7 heteroatoms. The molecule has 7 nitrogen and oxygen atoms in total. The number of rotatable bonds is 5. The summed E-state index contributed by atoms with van der Waals surface area (Å²) in [5, 5.41) is 16.0. The lowest BCUT2D eigenvalue weighted by Crippen LogP contribution is -3.06. The molecular weight excluding hydrogens is 364 g/mol. The zero-order valence-electron chi connectivity index (χ0n) is 16.3. The summed E-state index contributed by atoms with van der Waals surface area (Å²) < 4.78 is 2.02. The van der Waals surface area contributed by atoms with Crippen LogP contribution in [0.3, 0.4) is 0 Å². The first-order chi connectivity index (χ1) is 14.1. The molecule has 6 aliphatic rings. The van der Waals surface area contributed by atoms with Crippen LogP contribution in [-0.2, 0) is 11.3 Å². The number of nitrogens with one attached hydrogen (secondary N) is 2. The normalized spacial score (nSPS) is 41.1. The van der Waals surface area contributed by atoms with Crippen LogP contribution >= 0.6 is 0 Å². The number of H-pyrrole nitrogens is 1. The molecule has 2 N–H and O–H groups in total. The number of fused-ring (bicyclic) bond motifs is 1. The summed E-state index contributed by atoms with van der Waals surface area (Å²) >= 11 is 0. The van der Waals surface area contributed by atoms with Gasteiger partial charge in [0.05, 0.1) is 34.7 Å². The van der Waals surface area contributed by atoms with E-state index in [0.717, 1.165) is 58.2 Å². The highest BCUT2D eigenvalue weighted by Gasteiger charge is 3.06. The molecule has 9 rings (SSSR count). The molecule has 0 radical (unpaired) electrons. The first-order valence-corrected chi connectivity index (χ1v) is 10.8. The lowest BCUT2D eigenvalue weighted by Gasteiger charge is -3.06. The van der Waals surface area contributed by atoms with Crippen molar-refractivity contribution in [1.29, 1.82) is 0 Å². The number of carbonyl (C=O) groups is 1. The van der Waals surface area contributed by atoms with Crippen LogP contribution in [0.25, 0.3) is 22.3 Å². The molecule has 0 spiro atoms. The average molecular weight is 386 g/mol. The van der Waals surface area contributed by atoms with E-state index >= 15 is 0 Å². The molecule has 6 fully saturated rings. The van der Waals surface area contributed by atoms with E-state index in [1.807, 2.05) is 23.1 Å². The molecule has 146 valence electrons. The van der Waals surface area contributed by atoms with Gasteiger partial charge in [-0.1, -0.05) is 13.8 Å². The topological polar surface area (TPSA) is 88.5 Å². The zero-order valence-corrected chi connectivity index (χ0v) is 16.3. The van der Waals surface area contributed by atoms with Crippen LogP contribution in [0.5, 0.6) is 0 Å². The van der Waals surface area contributed by atoms with E-state index in [2.05, 4.69) is 39.4 Å². The van der Waals surface area contributed by atoms with E-state index in [0.29, 0.717) is 23.7 Å². The van der Waals surface area contributed by atoms with Crippen molar-refractivity contribution >= 4 is 22.5 Å². The molecule has 3 heterocycles. The molecular formula is C22H22N6O. The van der Waals surface area contributed by atoms with Crippen molar-refractivity contribution in [3.8, 4) is 11.4 Å². The van der Waals surface area contributed by atoms with E-state index in [-0.39, 0.29) is 11.3 Å². The Bertz CT molecular complexity index is 1190. The van der Waals surface area contributed by atoms with E-state index in [9.17, 15) is 4.79 Å². The third kappa shape index (κ3) is 1.34. The van der Waals surface area contributed by atoms with Crippen LogP contribution < -0.4 is 5.32 Å². The van der Waals surface area contributed by atoms with Gasteiger partial charge in [0.15, 0.2) is 0 Å². The van der Waals surface area contributed by atoms with Crippen molar-refractivity contribution in [2.75, 3.05) is 5.32 Å². The lowest BCUT2D eigenvalue weighted by atomic mass is 8.96. The van der Waals surface area contributed by atoms with Crippen LogP contribution in [0.2, 0.25) is 0 Å². The lowest BCUT2D eigenvalue weighted by molar-refractivity contribution is -0.595. The SMILES string of the molecule is CC(C)Cn1ncc2cnc(-c3[nH]ncc3NC(=O)C34C5C6C7C5C3C7C64)cc21. The molecule has 6 aliphatic carbocycles. The second kappa shape index (κ2) is 4.40. The Hall–Kier alpha value is -2.70. The number of aromatic amines is 1. The maximum Gasteiger partial charge on any atom is 0.231 e. The molecule has 1 amide bonds. The Morgan fingerprint density at radius 2 is 1.93 bits per heavy atom. The highest BCUT2D eigenvalue weighted by molar-refractivity contribution is 6.03. The minimum atomic E-state index is -0.0173. The summed E-state index contributed by atoms with van der Waals surface area (Å²) in [6, 6.07) is 2.04. The average Bonchev–Trinajstić information content (AvgIpc) is 3.34. The van der Waals surface area contributed by atoms with Gasteiger partial charge >= 0.3 is 0 Å². The smallest absolute Gasteiger partial charge is 0.231 e. The molecule has 3 aromatic rings. The highest BCUT2D eigenvalue weighted by atomic mass is 16.2. The van der Waals surface area contributed by atoms with Gasteiger partial charge in [-0.05, 0) is 53.4 Å². The largest absolute Gasteiger partial charge is 0.322 e. The van der Waals surface area contributed by atoms with Crippen LogP contribution in [0.15, 0.2) is 24.7 Å². The third-order valence-corrected chi connectivity index (χ3v) is 9.08. The van der Waals surface area contributed by atoms with Crippen LogP contribution in [0.4, 0.5) is 5.69 Å². The molecule has 0 aromatic carbocycles. The van der Waals surface area contributed by atoms with Gasteiger partial charge in [0.25, 0.3) is 0 Å². The number of pyridine rings is 1. The standard InChI is InChI=1S/C22H22N6O/c1-8(2)7-28-12-3-10(23-4-9(12)5-25-28)20-11(6-24-27-20)26-21(29)22-17-14-13-15(17)19(22)16(13)18(14)22/h3-6,8,13-19H,7H2,1-2H3,(H,24,27)(H,26,29). The molecule has 6 saturated carbocycles. The first kappa shape index (κ1) is 15.2. The summed E-state index contributed by atoms with van der Waals surface area (Å²) in [6.45, 7) is 5.22. The number of hydrogen-bond acceptors (Lipinski definition) is 4. The minimum absolute atomic E-state index is 0.0173. The molecule has 0 bridgehead atoms. The van der Waals surface area contributed by atoms with E-state index < -0.39 is 0 Å². The Morgan fingerprint density at radius 3 is 2.66 bits per heavy atom. The van der Waals surface area contributed by atoms with Crippen molar-refractivity contribution in [3.63, 3.8) is 0 Å². The van der Waals surface area contributed by atoms with Crippen LogP contribution in [-0.4, -0.2) is 30.9 Å². The molecule has 0 atom stereocenters. The van der Waals surface area contributed by atoms with Gasteiger partial charge in [-0.2, -0.15) is 10.2 Å². The fourth-order valence-electron chi connectivity index (χ4n) is 8.29. The van der Waals surface area contributed by atoms with Gasteiger partial charge in [0, 0.05) is 18.1 Å². The van der Waals surface area contributed by atoms with Crippen LogP contribution in [0.1, 0.15) is 13.8 Å². The number of anilines is 1. The van der Waals surface area contributed by atoms with Crippen LogP contribution in [0, 0.1) is 52.8 Å². The summed E-state index contributed by atoms with van der Waals surface area (Å²) in [5.74, 6) is 6.54. The maximum absolute atomic E-state index is 13.2. The summed E-state index contributed by atoms with van der Waals surface area (Å²) in [7, 11) is 0. The Balaban J connectivity index is 1.12. The van der Waals surface area contributed by atoms with Gasteiger partial charge in [-0.15, -0.1) is 0 Å². The fraction of sp³-hybridized carbons (Fsp3) is 0.545. The minimum Gasteiger partial charge on any atom is -0.322 e. The first-order valence-electron chi connectivity index (χ1n) is 10.8. The molecule has 0 saturated heterocycles. The second-order valence-corrected chi connectivity index (χ2v) is 10.3. The van der Waals surface area contributed by atoms with Gasteiger partial charge in [0.1, 0.15) is 5.69 Å². The maximum atomic E-state index is 13.2. The number of hydrogen-bond donors (Lipinski definition) is 2. The molecule has 0 unspecified atom stereocenters. The second-order valence-electron chi connectivity index (χ2n) is 10.3. The van der Waals surface area contributed by atoms with E-state index in [1.165, 1.54) is 0 Å². The number of carbonyl (C=O) groups excluding carboxylic acids is 1. The van der Waals surface area contributed by atoms with E-state index in [1.54, 1.807) is 6.20 Å². The number of aromatic nitrogens is 5. The quantitative estimate of drug-likeness (QED) is 0.706. The fourth-order valence-corrected chi connectivity index (χ4v) is 8.29. The van der Waals surface area contributed by atoms with E-state index in [4.69, 9.17) is 0 Å². The number of nitrogens with zero attached hydrogens (tertiary/aromatic N) is 4. The molecule has 29 heavy (non-hydrogen) atoms. The Morgan fingerprint density at radius 1 is 1.17 bits per heavy atom. The van der Waals surface area contributed by atoms with Crippen molar-refractivity contribution in [3.05, 3.63) is 24.7 Å². The highest BCUT2D eigenvalue weighted by Crippen LogP contribution is 3.05. The Labute approximate surface area is 167 Å². The zero-order chi connectivity index (χ0) is 19.2. The Kier molecular flexibility index (Phi) is 2.30. The summed E-state index contributed by atoms with van der Waals surface area (Å²) in [5.41, 5.74) is 3.33.